The minimum absolute atomic E-state index is 0.263. The molecule has 0 radical (unpaired) electrons. The van der Waals surface area contributed by atoms with Gasteiger partial charge in [-0.05, 0) is 12.1 Å². The molecule has 0 N–H and O–H groups in total. The molecule has 0 amide bonds. The van der Waals surface area contributed by atoms with Gasteiger partial charge < -0.3 is 0 Å². The van der Waals surface area contributed by atoms with E-state index in [1.165, 1.54) is 10.4 Å². The third kappa shape index (κ3) is 3.07. The number of halogens is 2. The third-order valence-electron chi connectivity index (χ3n) is 1.83. The van der Waals surface area contributed by atoms with Crippen molar-refractivity contribution in [3.63, 3.8) is 0 Å². The first-order chi connectivity index (χ1) is 7.02. The second-order valence-electron chi connectivity index (χ2n) is 2.74. The van der Waals surface area contributed by atoms with E-state index in [2.05, 4.69) is 0 Å². The van der Waals surface area contributed by atoms with E-state index in [1.807, 2.05) is 0 Å². The Hall–Kier alpha value is 0.190. The van der Waals surface area contributed by atoms with Crippen molar-refractivity contribution < 1.29 is 8.42 Å². The van der Waals surface area contributed by atoms with Crippen LogP contribution in [0, 0.1) is 0 Å². The lowest BCUT2D eigenvalue weighted by Gasteiger charge is -2.17. The summed E-state index contributed by atoms with van der Waals surface area (Å²) < 4.78 is 26.0. The van der Waals surface area contributed by atoms with Crippen LogP contribution in [-0.4, -0.2) is 31.7 Å². The summed E-state index contributed by atoms with van der Waals surface area (Å²) >= 11 is 12.3. The second kappa shape index (κ2) is 5.50. The molecule has 0 spiro atoms. The van der Waals surface area contributed by atoms with Gasteiger partial charge in [-0.25, -0.2) is 8.42 Å². The van der Waals surface area contributed by atoms with Crippen LogP contribution in [0.15, 0.2) is 16.3 Å². The van der Waals surface area contributed by atoms with Crippen molar-refractivity contribution in [2.75, 3.05) is 19.0 Å². The Labute approximate surface area is 104 Å². The summed E-state index contributed by atoms with van der Waals surface area (Å²) in [4.78, 5) is 0. The zero-order valence-corrected chi connectivity index (χ0v) is 11.3. The zero-order valence-electron chi connectivity index (χ0n) is 8.11. The van der Waals surface area contributed by atoms with Crippen molar-refractivity contribution in [1.29, 1.82) is 0 Å². The van der Waals surface area contributed by atoms with Gasteiger partial charge in [0, 0.05) is 19.0 Å². The van der Waals surface area contributed by atoms with Crippen LogP contribution >= 0.6 is 34.5 Å². The van der Waals surface area contributed by atoms with Gasteiger partial charge in [0.2, 0.25) is 0 Å². The van der Waals surface area contributed by atoms with E-state index in [-0.39, 0.29) is 10.1 Å². The van der Waals surface area contributed by atoms with Gasteiger partial charge in [-0.15, -0.1) is 22.9 Å². The molecule has 0 bridgehead atoms. The molecule has 1 aromatic heterocycles. The largest absolute Gasteiger partial charge is 0.252 e. The van der Waals surface area contributed by atoms with Crippen molar-refractivity contribution in [1.82, 2.24) is 4.31 Å². The van der Waals surface area contributed by atoms with Gasteiger partial charge in [-0.2, -0.15) is 4.31 Å². The Morgan fingerprint density at radius 3 is 2.53 bits per heavy atom. The molecule has 0 unspecified atom stereocenters. The number of alkyl halides is 1. The minimum Gasteiger partial charge on any atom is -0.206 e. The fourth-order valence-corrected chi connectivity index (χ4v) is 4.50. The van der Waals surface area contributed by atoms with Gasteiger partial charge in [0.15, 0.2) is 0 Å². The number of rotatable bonds is 5. The highest BCUT2D eigenvalue weighted by molar-refractivity contribution is 7.91. The van der Waals surface area contributed by atoms with Crippen LogP contribution in [0.5, 0.6) is 0 Å². The molecule has 0 atom stereocenters. The van der Waals surface area contributed by atoms with Crippen LogP contribution in [0.2, 0.25) is 4.34 Å². The summed E-state index contributed by atoms with van der Waals surface area (Å²) in [7, 11) is -3.41. The molecule has 7 heteroatoms. The van der Waals surface area contributed by atoms with Crippen molar-refractivity contribution in [3.8, 4) is 0 Å². The Bertz CT molecular complexity index is 416. The Kier molecular flexibility index (Phi) is 4.86. The molecule has 1 heterocycles. The number of nitrogens with zero attached hydrogens (tertiary/aromatic N) is 1. The molecule has 0 aliphatic heterocycles. The van der Waals surface area contributed by atoms with Gasteiger partial charge in [0.25, 0.3) is 10.0 Å². The predicted octanol–water partition coefficient (Wildman–Crippen LogP) is 2.65. The van der Waals surface area contributed by atoms with E-state index in [0.29, 0.717) is 17.4 Å². The molecule has 0 aliphatic carbocycles. The summed E-state index contributed by atoms with van der Waals surface area (Å²) in [5, 5.41) is 0. The first-order valence-corrected chi connectivity index (χ1v) is 7.50. The van der Waals surface area contributed by atoms with E-state index in [1.54, 1.807) is 13.0 Å². The summed E-state index contributed by atoms with van der Waals surface area (Å²) in [5.74, 6) is 0.284. The average molecular weight is 288 g/mol. The lowest BCUT2D eigenvalue weighted by molar-refractivity contribution is 0.448. The number of hydrogen-bond acceptors (Lipinski definition) is 3. The molecular weight excluding hydrogens is 277 g/mol. The van der Waals surface area contributed by atoms with Crippen molar-refractivity contribution in [2.24, 2.45) is 0 Å². The van der Waals surface area contributed by atoms with Gasteiger partial charge in [-0.3, -0.25) is 0 Å². The minimum atomic E-state index is -3.41. The van der Waals surface area contributed by atoms with Gasteiger partial charge in [0.1, 0.15) is 4.21 Å². The van der Waals surface area contributed by atoms with Gasteiger partial charge in [-0.1, -0.05) is 18.5 Å². The normalized spacial score (nSPS) is 12.3. The van der Waals surface area contributed by atoms with E-state index in [9.17, 15) is 8.42 Å². The van der Waals surface area contributed by atoms with E-state index in [4.69, 9.17) is 23.2 Å². The fraction of sp³-hybridized carbons (Fsp3) is 0.500. The third-order valence-corrected chi connectivity index (χ3v) is 5.67. The molecule has 0 aliphatic rings. The molecule has 1 aromatic rings. The highest BCUT2D eigenvalue weighted by atomic mass is 35.5. The van der Waals surface area contributed by atoms with Gasteiger partial charge >= 0.3 is 0 Å². The first kappa shape index (κ1) is 13.3. The molecule has 0 saturated carbocycles. The number of thiophene rings is 1. The molecule has 0 aromatic carbocycles. The molecule has 1 rings (SSSR count). The Morgan fingerprint density at radius 1 is 1.47 bits per heavy atom. The standard InChI is InChI=1S/C8H11Cl2NO2S2/c1-2-11(6-5-9)15(12,13)8-4-3-7(10)14-8/h3-4H,2,5-6H2,1H3. The first-order valence-electron chi connectivity index (χ1n) is 4.33. The topological polar surface area (TPSA) is 37.4 Å². The van der Waals surface area contributed by atoms with E-state index >= 15 is 0 Å². The summed E-state index contributed by atoms with van der Waals surface area (Å²) in [6.07, 6.45) is 0. The van der Waals surface area contributed by atoms with Crippen molar-refractivity contribution in [3.05, 3.63) is 16.5 Å². The maximum absolute atomic E-state index is 12.0. The van der Waals surface area contributed by atoms with Crippen LogP contribution in [0.3, 0.4) is 0 Å². The average Bonchev–Trinajstić information content (AvgIpc) is 2.61. The van der Waals surface area contributed by atoms with Crippen LogP contribution in [0.4, 0.5) is 0 Å². The predicted molar refractivity (Wildman–Crippen MR) is 64.5 cm³/mol. The second-order valence-corrected chi connectivity index (χ2v) is 7.00. The summed E-state index contributed by atoms with van der Waals surface area (Å²) in [6.45, 7) is 2.50. The zero-order chi connectivity index (χ0) is 11.5. The lowest BCUT2D eigenvalue weighted by atomic mass is 10.7. The maximum Gasteiger partial charge on any atom is 0.252 e. The highest BCUT2D eigenvalue weighted by Crippen LogP contribution is 2.27. The SMILES string of the molecule is CCN(CCCl)S(=O)(=O)c1ccc(Cl)s1. The van der Waals surface area contributed by atoms with E-state index < -0.39 is 10.0 Å². The van der Waals surface area contributed by atoms with Crippen LogP contribution in [-0.2, 0) is 10.0 Å². The monoisotopic (exact) mass is 287 g/mol. The quantitative estimate of drug-likeness (QED) is 0.781. The maximum atomic E-state index is 12.0. The molecular formula is C8H11Cl2NO2S2. The molecule has 86 valence electrons. The van der Waals surface area contributed by atoms with Crippen LogP contribution in [0.1, 0.15) is 6.92 Å². The number of sulfonamides is 1. The lowest BCUT2D eigenvalue weighted by Crippen LogP contribution is -2.32. The van der Waals surface area contributed by atoms with Crippen LogP contribution in [0.25, 0.3) is 0 Å². The summed E-state index contributed by atoms with van der Waals surface area (Å²) in [5.41, 5.74) is 0. The number of hydrogen-bond donors (Lipinski definition) is 0. The molecule has 0 saturated heterocycles. The van der Waals surface area contributed by atoms with Crippen molar-refractivity contribution >= 4 is 44.6 Å². The Morgan fingerprint density at radius 2 is 2.13 bits per heavy atom. The highest BCUT2D eigenvalue weighted by Gasteiger charge is 2.23. The van der Waals surface area contributed by atoms with Crippen LogP contribution < -0.4 is 0 Å². The van der Waals surface area contributed by atoms with Crippen molar-refractivity contribution in [2.45, 2.75) is 11.1 Å². The molecule has 0 fully saturated rings. The molecule has 15 heavy (non-hydrogen) atoms. The summed E-state index contributed by atoms with van der Waals surface area (Å²) in [6, 6.07) is 3.09. The van der Waals surface area contributed by atoms with E-state index in [0.717, 1.165) is 11.3 Å². The van der Waals surface area contributed by atoms with Gasteiger partial charge in [0.05, 0.1) is 4.34 Å². The Balaban J connectivity index is 3.00. The smallest absolute Gasteiger partial charge is 0.206 e. The molecule has 3 nitrogen and oxygen atoms in total. The fourth-order valence-electron chi connectivity index (χ4n) is 1.11.